The van der Waals surface area contributed by atoms with Crippen LogP contribution in [-0.4, -0.2) is 10.9 Å². The number of nitrogens with one attached hydrogen (secondary N) is 1. The van der Waals surface area contributed by atoms with E-state index in [0.717, 1.165) is 0 Å². The molecule has 1 amide bonds. The Labute approximate surface area is 125 Å². The maximum absolute atomic E-state index is 13.7. The highest BCUT2D eigenvalue weighted by atomic mass is 79.9. The molecule has 0 saturated carbocycles. The molecule has 0 bridgehead atoms. The van der Waals surface area contributed by atoms with Crippen molar-refractivity contribution >= 4 is 27.5 Å². The zero-order chi connectivity index (χ0) is 15.6. The average molecular weight is 363 g/mol. The summed E-state index contributed by atoms with van der Waals surface area (Å²) in [6, 6.07) is 4.17. The number of halogens is 5. The van der Waals surface area contributed by atoms with Gasteiger partial charge in [0.15, 0.2) is 0 Å². The molecule has 0 spiro atoms. The van der Waals surface area contributed by atoms with Gasteiger partial charge in [-0.3, -0.25) is 9.78 Å². The Morgan fingerprint density at radius 1 is 1.24 bits per heavy atom. The van der Waals surface area contributed by atoms with Crippen LogP contribution in [0, 0.1) is 5.82 Å². The van der Waals surface area contributed by atoms with Gasteiger partial charge in [-0.2, -0.15) is 13.2 Å². The lowest BCUT2D eigenvalue weighted by Crippen LogP contribution is -2.17. The number of carbonyl (C=O) groups excluding carboxylic acids is 1. The van der Waals surface area contributed by atoms with Crippen molar-refractivity contribution in [3.05, 3.63) is 58.1 Å². The summed E-state index contributed by atoms with van der Waals surface area (Å²) in [6.07, 6.45) is -1.95. The van der Waals surface area contributed by atoms with Crippen LogP contribution < -0.4 is 5.32 Å². The van der Waals surface area contributed by atoms with E-state index in [2.05, 4.69) is 26.2 Å². The Balaban J connectivity index is 2.41. The predicted octanol–water partition coefficient (Wildman–Crippen LogP) is 4.25. The van der Waals surface area contributed by atoms with E-state index in [1.165, 1.54) is 24.5 Å². The van der Waals surface area contributed by atoms with Crippen LogP contribution in [0.5, 0.6) is 0 Å². The highest BCUT2D eigenvalue weighted by Gasteiger charge is 2.35. The first kappa shape index (κ1) is 15.4. The third-order valence-corrected chi connectivity index (χ3v) is 3.37. The topological polar surface area (TPSA) is 42.0 Å². The van der Waals surface area contributed by atoms with Crippen molar-refractivity contribution in [2.24, 2.45) is 0 Å². The van der Waals surface area contributed by atoms with Crippen molar-refractivity contribution < 1.29 is 22.4 Å². The number of hydrogen-bond acceptors (Lipinski definition) is 2. The minimum absolute atomic E-state index is 0.242. The number of nitrogens with zero attached hydrogens (tertiary/aromatic N) is 1. The normalized spacial score (nSPS) is 11.3. The highest BCUT2D eigenvalue weighted by Crippen LogP contribution is 2.37. The van der Waals surface area contributed by atoms with Crippen LogP contribution in [0.1, 0.15) is 15.9 Å². The van der Waals surface area contributed by atoms with E-state index in [9.17, 15) is 22.4 Å². The molecule has 0 aliphatic heterocycles. The Bertz CT molecular complexity index is 674. The summed E-state index contributed by atoms with van der Waals surface area (Å²) in [5, 5.41) is 2.28. The van der Waals surface area contributed by atoms with Crippen molar-refractivity contribution in [2.75, 3.05) is 5.32 Å². The first-order valence-corrected chi connectivity index (χ1v) is 6.36. The van der Waals surface area contributed by atoms with E-state index in [1.54, 1.807) is 0 Å². The molecule has 1 aromatic heterocycles. The third kappa shape index (κ3) is 3.38. The van der Waals surface area contributed by atoms with Crippen LogP contribution in [0.15, 0.2) is 41.1 Å². The summed E-state index contributed by atoms with van der Waals surface area (Å²) >= 11 is 2.65. The molecular formula is C13H7BrF4N2O. The van der Waals surface area contributed by atoms with Crippen LogP contribution in [0.4, 0.5) is 23.2 Å². The van der Waals surface area contributed by atoms with E-state index < -0.39 is 33.5 Å². The predicted molar refractivity (Wildman–Crippen MR) is 71.3 cm³/mol. The number of pyridine rings is 1. The molecule has 1 heterocycles. The quantitative estimate of drug-likeness (QED) is 0.811. The summed E-state index contributed by atoms with van der Waals surface area (Å²) in [5.74, 6) is -2.06. The van der Waals surface area contributed by atoms with Crippen molar-refractivity contribution in [3.63, 3.8) is 0 Å². The Hall–Kier alpha value is -1.96. The summed E-state index contributed by atoms with van der Waals surface area (Å²) in [4.78, 5) is 15.7. The molecule has 0 fully saturated rings. The molecule has 0 radical (unpaired) electrons. The number of benzene rings is 1. The van der Waals surface area contributed by atoms with Crippen LogP contribution in [0.3, 0.4) is 0 Å². The molecule has 0 unspecified atom stereocenters. The van der Waals surface area contributed by atoms with Crippen molar-refractivity contribution in [1.29, 1.82) is 0 Å². The Morgan fingerprint density at radius 2 is 1.95 bits per heavy atom. The number of aromatic nitrogens is 1. The minimum Gasteiger partial charge on any atom is -0.320 e. The monoisotopic (exact) mass is 362 g/mol. The van der Waals surface area contributed by atoms with Crippen LogP contribution in [-0.2, 0) is 6.18 Å². The molecule has 2 aromatic rings. The summed E-state index contributed by atoms with van der Waals surface area (Å²) < 4.78 is 51.3. The molecule has 0 atom stereocenters. The highest BCUT2D eigenvalue weighted by molar-refractivity contribution is 9.10. The molecule has 21 heavy (non-hydrogen) atoms. The van der Waals surface area contributed by atoms with Crippen molar-refractivity contribution in [1.82, 2.24) is 4.98 Å². The maximum atomic E-state index is 13.7. The molecule has 0 saturated heterocycles. The maximum Gasteiger partial charge on any atom is 0.417 e. The third-order valence-electron chi connectivity index (χ3n) is 2.54. The first-order valence-electron chi connectivity index (χ1n) is 5.57. The molecular weight excluding hydrogens is 356 g/mol. The van der Waals surface area contributed by atoms with E-state index >= 15 is 0 Å². The molecule has 8 heteroatoms. The van der Waals surface area contributed by atoms with Crippen LogP contribution >= 0.6 is 15.9 Å². The van der Waals surface area contributed by atoms with Gasteiger partial charge in [0, 0.05) is 10.7 Å². The fraction of sp³-hybridized carbons (Fsp3) is 0.0769. The Kier molecular flexibility index (Phi) is 4.26. The number of carbonyl (C=O) groups is 1. The lowest BCUT2D eigenvalue weighted by atomic mass is 10.1. The number of anilines is 1. The fourth-order valence-corrected chi connectivity index (χ4v) is 2.34. The fourth-order valence-electron chi connectivity index (χ4n) is 1.61. The van der Waals surface area contributed by atoms with Gasteiger partial charge in [0.2, 0.25) is 0 Å². The standard InChI is InChI=1S/C13H7BrF4N2O/c14-11-8(13(16,17)18)3-4-9(15)10(11)12(21)20-7-2-1-5-19-6-7/h1-6H,(H,20,21). The minimum atomic E-state index is -4.70. The van der Waals surface area contributed by atoms with Gasteiger partial charge in [0.05, 0.1) is 23.0 Å². The van der Waals surface area contributed by atoms with Gasteiger partial charge in [-0.15, -0.1) is 0 Å². The number of amides is 1. The number of hydrogen-bond donors (Lipinski definition) is 1. The summed E-state index contributed by atoms with van der Waals surface area (Å²) in [5.41, 5.74) is -1.60. The van der Waals surface area contributed by atoms with E-state index in [1.807, 2.05) is 0 Å². The van der Waals surface area contributed by atoms with Crippen LogP contribution in [0.25, 0.3) is 0 Å². The van der Waals surface area contributed by atoms with Gasteiger partial charge < -0.3 is 5.32 Å². The van der Waals surface area contributed by atoms with E-state index in [-0.39, 0.29) is 5.69 Å². The SMILES string of the molecule is O=C(Nc1cccnc1)c1c(F)ccc(C(F)(F)F)c1Br. The first-order chi connectivity index (χ1) is 9.80. The molecule has 0 aliphatic rings. The summed E-state index contributed by atoms with van der Waals surface area (Å²) in [6.45, 7) is 0. The molecule has 110 valence electrons. The van der Waals surface area contributed by atoms with Gasteiger partial charge in [-0.05, 0) is 40.2 Å². The van der Waals surface area contributed by atoms with Gasteiger partial charge >= 0.3 is 6.18 Å². The van der Waals surface area contributed by atoms with E-state index in [0.29, 0.717) is 12.1 Å². The van der Waals surface area contributed by atoms with Crippen LogP contribution in [0.2, 0.25) is 0 Å². The molecule has 1 aromatic carbocycles. The zero-order valence-corrected chi connectivity index (χ0v) is 11.8. The van der Waals surface area contributed by atoms with Gasteiger partial charge in [-0.1, -0.05) is 0 Å². The largest absolute Gasteiger partial charge is 0.417 e. The Morgan fingerprint density at radius 3 is 2.52 bits per heavy atom. The number of alkyl halides is 3. The molecule has 1 N–H and O–H groups in total. The van der Waals surface area contributed by atoms with Crippen molar-refractivity contribution in [3.8, 4) is 0 Å². The lowest BCUT2D eigenvalue weighted by Gasteiger charge is -2.13. The second-order valence-corrected chi connectivity index (χ2v) is 4.77. The second-order valence-electron chi connectivity index (χ2n) is 3.98. The molecule has 2 rings (SSSR count). The average Bonchev–Trinajstić information content (AvgIpc) is 2.38. The lowest BCUT2D eigenvalue weighted by molar-refractivity contribution is -0.138. The second kappa shape index (κ2) is 5.80. The number of rotatable bonds is 2. The molecule has 0 aliphatic carbocycles. The van der Waals surface area contributed by atoms with Gasteiger partial charge in [0.1, 0.15) is 5.82 Å². The molecule has 3 nitrogen and oxygen atoms in total. The van der Waals surface area contributed by atoms with Gasteiger partial charge in [-0.25, -0.2) is 4.39 Å². The van der Waals surface area contributed by atoms with E-state index in [4.69, 9.17) is 0 Å². The smallest absolute Gasteiger partial charge is 0.320 e. The summed E-state index contributed by atoms with van der Waals surface area (Å²) in [7, 11) is 0. The van der Waals surface area contributed by atoms with Crippen molar-refractivity contribution in [2.45, 2.75) is 6.18 Å². The zero-order valence-electron chi connectivity index (χ0n) is 10.2. The van der Waals surface area contributed by atoms with Gasteiger partial charge in [0.25, 0.3) is 5.91 Å².